The van der Waals surface area contributed by atoms with Gasteiger partial charge in [0.2, 0.25) is 0 Å². The number of likely N-dealkylation sites (N-methyl/N-ethyl adjacent to an activating group) is 2. The van der Waals surface area contributed by atoms with Crippen molar-refractivity contribution in [3.63, 3.8) is 0 Å². The number of likely N-dealkylation sites (tertiary alicyclic amines) is 1. The number of nitrogens with one attached hydrogen (secondary N) is 1. The molecule has 2 unspecified atom stereocenters. The second-order valence-electron chi connectivity index (χ2n) is 7.14. The Hall–Kier alpha value is -1.59. The molecule has 0 aliphatic carbocycles. The van der Waals surface area contributed by atoms with Crippen molar-refractivity contribution in [3.05, 3.63) is 35.4 Å². The van der Waals surface area contributed by atoms with Crippen molar-refractivity contribution in [1.82, 2.24) is 20.0 Å². The van der Waals surface area contributed by atoms with E-state index in [2.05, 4.69) is 60.2 Å². The second kappa shape index (κ2) is 8.19. The van der Waals surface area contributed by atoms with Gasteiger partial charge in [-0.3, -0.25) is 9.80 Å². The topological polar surface area (TPSA) is 38.8 Å². The molecular formula is C20H32N4O. The highest BCUT2D eigenvalue weighted by molar-refractivity contribution is 5.75. The fourth-order valence-electron chi connectivity index (χ4n) is 4.25. The third-order valence-electron chi connectivity index (χ3n) is 5.79. The van der Waals surface area contributed by atoms with Crippen LogP contribution in [-0.2, 0) is 6.54 Å². The van der Waals surface area contributed by atoms with Crippen molar-refractivity contribution in [1.29, 1.82) is 0 Å². The molecule has 0 spiro atoms. The van der Waals surface area contributed by atoms with E-state index in [-0.39, 0.29) is 12.1 Å². The van der Waals surface area contributed by atoms with Gasteiger partial charge >= 0.3 is 6.03 Å². The molecule has 1 aromatic rings. The first kappa shape index (κ1) is 18.2. The first-order valence-electron chi connectivity index (χ1n) is 9.75. The molecule has 0 aromatic heterocycles. The maximum Gasteiger partial charge on any atom is 0.317 e. The van der Waals surface area contributed by atoms with Crippen LogP contribution < -0.4 is 5.32 Å². The Morgan fingerprint density at radius 1 is 1.20 bits per heavy atom. The zero-order chi connectivity index (χ0) is 17.8. The smallest absolute Gasteiger partial charge is 0.317 e. The predicted octanol–water partition coefficient (Wildman–Crippen LogP) is 2.69. The van der Waals surface area contributed by atoms with Gasteiger partial charge in [-0.2, -0.15) is 0 Å². The molecule has 0 bridgehead atoms. The van der Waals surface area contributed by atoms with E-state index in [1.165, 1.54) is 11.1 Å². The van der Waals surface area contributed by atoms with E-state index < -0.39 is 0 Å². The highest BCUT2D eigenvalue weighted by atomic mass is 16.2. The fraction of sp³-hybridized carbons (Fsp3) is 0.650. The van der Waals surface area contributed by atoms with Crippen LogP contribution in [0.3, 0.4) is 0 Å². The van der Waals surface area contributed by atoms with Crippen molar-refractivity contribution in [2.45, 2.75) is 45.8 Å². The molecular weight excluding hydrogens is 312 g/mol. The first-order valence-corrected chi connectivity index (χ1v) is 9.75. The van der Waals surface area contributed by atoms with Gasteiger partial charge in [0.1, 0.15) is 0 Å². The summed E-state index contributed by atoms with van der Waals surface area (Å²) < 4.78 is 0. The summed E-state index contributed by atoms with van der Waals surface area (Å²) in [5, 5.41) is 3.30. The molecule has 3 rings (SSSR count). The highest BCUT2D eigenvalue weighted by Gasteiger charge is 2.32. The zero-order valence-corrected chi connectivity index (χ0v) is 15.9. The molecule has 2 aliphatic rings. The minimum absolute atomic E-state index is 0.0879. The van der Waals surface area contributed by atoms with Gasteiger partial charge in [0.15, 0.2) is 0 Å². The van der Waals surface area contributed by atoms with Gasteiger partial charge in [0.05, 0.1) is 6.04 Å². The van der Waals surface area contributed by atoms with Crippen LogP contribution in [0.4, 0.5) is 4.79 Å². The van der Waals surface area contributed by atoms with E-state index in [1.54, 1.807) is 0 Å². The van der Waals surface area contributed by atoms with Crippen LogP contribution in [0.25, 0.3) is 0 Å². The summed E-state index contributed by atoms with van der Waals surface area (Å²) in [7, 11) is 0. The molecule has 1 aromatic carbocycles. The molecule has 5 heteroatoms. The second-order valence-corrected chi connectivity index (χ2v) is 7.14. The lowest BCUT2D eigenvalue weighted by atomic mass is 9.95. The van der Waals surface area contributed by atoms with Crippen LogP contribution in [-0.4, -0.2) is 66.0 Å². The maximum atomic E-state index is 12.8. The van der Waals surface area contributed by atoms with Crippen molar-refractivity contribution in [2.24, 2.45) is 0 Å². The molecule has 25 heavy (non-hydrogen) atoms. The Balaban J connectivity index is 1.65. The monoisotopic (exact) mass is 344 g/mol. The summed E-state index contributed by atoms with van der Waals surface area (Å²) in [6, 6.07) is 9.19. The number of urea groups is 1. The molecule has 5 nitrogen and oxygen atoms in total. The third-order valence-corrected chi connectivity index (χ3v) is 5.79. The summed E-state index contributed by atoms with van der Waals surface area (Å²) in [4.78, 5) is 19.7. The van der Waals surface area contributed by atoms with Gasteiger partial charge in [-0.15, -0.1) is 0 Å². The molecule has 1 fully saturated rings. The fourth-order valence-corrected chi connectivity index (χ4v) is 4.25. The minimum atomic E-state index is 0.0879. The number of fused-ring (bicyclic) bond motifs is 1. The number of amides is 2. The van der Waals surface area contributed by atoms with Crippen molar-refractivity contribution in [2.75, 3.05) is 39.3 Å². The Labute approximate surface area is 152 Å². The summed E-state index contributed by atoms with van der Waals surface area (Å²) in [6.07, 6.45) is 1.08. The van der Waals surface area contributed by atoms with Gasteiger partial charge in [0, 0.05) is 32.2 Å². The molecule has 0 radical (unpaired) electrons. The number of carbonyl (C=O) groups is 1. The lowest BCUT2D eigenvalue weighted by Crippen LogP contribution is -2.47. The van der Waals surface area contributed by atoms with Crippen LogP contribution in [0.1, 0.15) is 44.4 Å². The minimum Gasteiger partial charge on any atom is -0.330 e. The molecule has 1 saturated heterocycles. The van der Waals surface area contributed by atoms with Gasteiger partial charge < -0.3 is 10.2 Å². The molecule has 0 saturated carbocycles. The largest absolute Gasteiger partial charge is 0.330 e. The van der Waals surface area contributed by atoms with Gasteiger partial charge in [0.25, 0.3) is 0 Å². The van der Waals surface area contributed by atoms with E-state index in [0.717, 1.165) is 52.2 Å². The normalized spacial score (nSPS) is 23.8. The van der Waals surface area contributed by atoms with Gasteiger partial charge in [-0.1, -0.05) is 45.0 Å². The average molecular weight is 345 g/mol. The molecule has 1 N–H and O–H groups in total. The number of rotatable bonds is 5. The number of carbonyl (C=O) groups excluding carboxylic acids is 1. The van der Waals surface area contributed by atoms with Crippen molar-refractivity contribution in [3.8, 4) is 0 Å². The average Bonchev–Trinajstić information content (AvgIpc) is 3.12. The molecule has 2 aliphatic heterocycles. The van der Waals surface area contributed by atoms with Crippen molar-refractivity contribution < 1.29 is 4.79 Å². The first-order chi connectivity index (χ1) is 12.2. The quantitative estimate of drug-likeness (QED) is 0.893. The lowest BCUT2D eigenvalue weighted by molar-refractivity contribution is 0.179. The number of nitrogens with zero attached hydrogens (tertiary/aromatic N) is 3. The van der Waals surface area contributed by atoms with E-state index in [9.17, 15) is 4.79 Å². The van der Waals surface area contributed by atoms with E-state index in [0.29, 0.717) is 6.04 Å². The number of benzene rings is 1. The third kappa shape index (κ3) is 3.98. The van der Waals surface area contributed by atoms with Crippen LogP contribution >= 0.6 is 0 Å². The summed E-state index contributed by atoms with van der Waals surface area (Å²) in [5.41, 5.74) is 2.61. The Morgan fingerprint density at radius 3 is 2.68 bits per heavy atom. The van der Waals surface area contributed by atoms with Gasteiger partial charge in [-0.25, -0.2) is 4.79 Å². The van der Waals surface area contributed by atoms with Gasteiger partial charge in [-0.05, 0) is 37.2 Å². The zero-order valence-electron chi connectivity index (χ0n) is 15.9. The van der Waals surface area contributed by atoms with Crippen LogP contribution in [0.5, 0.6) is 0 Å². The highest BCUT2D eigenvalue weighted by Crippen LogP contribution is 2.27. The Bertz CT molecular complexity index is 587. The van der Waals surface area contributed by atoms with Crippen LogP contribution in [0.2, 0.25) is 0 Å². The number of hydrogen-bond acceptors (Lipinski definition) is 3. The van der Waals surface area contributed by atoms with E-state index >= 15 is 0 Å². The van der Waals surface area contributed by atoms with Crippen LogP contribution in [0.15, 0.2) is 24.3 Å². The molecule has 2 atom stereocenters. The molecule has 2 amide bonds. The van der Waals surface area contributed by atoms with Crippen molar-refractivity contribution >= 4 is 6.03 Å². The lowest BCUT2D eigenvalue weighted by Gasteiger charge is -2.35. The molecule has 2 heterocycles. The number of hydrogen-bond donors (Lipinski definition) is 1. The Morgan fingerprint density at radius 2 is 1.96 bits per heavy atom. The maximum absolute atomic E-state index is 12.8. The summed E-state index contributed by atoms with van der Waals surface area (Å²) in [6.45, 7) is 13.3. The summed E-state index contributed by atoms with van der Waals surface area (Å²) >= 11 is 0. The SMILES string of the molecule is CCN1Cc2ccccc2C(NC(=O)N2CCC(N(CC)CC)C2)C1. The summed E-state index contributed by atoms with van der Waals surface area (Å²) in [5.74, 6) is 0. The predicted molar refractivity (Wildman–Crippen MR) is 102 cm³/mol. The van der Waals surface area contributed by atoms with E-state index in [1.807, 2.05) is 4.90 Å². The van der Waals surface area contributed by atoms with E-state index in [4.69, 9.17) is 0 Å². The standard InChI is InChI=1S/C20H32N4O/c1-4-22-13-16-9-7-8-10-18(16)19(15-22)21-20(25)24-12-11-17(14-24)23(5-2)6-3/h7-10,17,19H,4-6,11-15H2,1-3H3,(H,21,25). The van der Waals surface area contributed by atoms with Crippen LogP contribution in [0, 0.1) is 0 Å². The molecule has 138 valence electrons. The Kier molecular flexibility index (Phi) is 5.97.